The van der Waals surface area contributed by atoms with E-state index in [9.17, 15) is 14.0 Å². The Labute approximate surface area is 258 Å². The number of piperidine rings is 1. The van der Waals surface area contributed by atoms with Crippen LogP contribution in [-0.2, 0) is 10.2 Å². The molecule has 0 unspecified atom stereocenters. The highest BCUT2D eigenvalue weighted by Gasteiger charge is 2.45. The average Bonchev–Trinajstić information content (AvgIpc) is 3.25. The van der Waals surface area contributed by atoms with Crippen LogP contribution in [0, 0.1) is 19.7 Å². The number of carbonyl (C=O) groups is 2. The number of fused-ring (bicyclic) bond motifs is 2. The molecule has 2 heterocycles. The van der Waals surface area contributed by atoms with Crippen molar-refractivity contribution >= 4 is 40.7 Å². The predicted octanol–water partition coefficient (Wildman–Crippen LogP) is 7.40. The minimum absolute atomic E-state index is 0.00562. The number of halogens is 3. The van der Waals surface area contributed by atoms with Gasteiger partial charge in [0.25, 0.3) is 5.91 Å². The molecule has 0 aliphatic carbocycles. The Kier molecular flexibility index (Phi) is 8.98. The molecule has 42 heavy (non-hydrogen) atoms. The predicted molar refractivity (Wildman–Crippen MR) is 168 cm³/mol. The van der Waals surface area contributed by atoms with E-state index in [0.717, 1.165) is 66.8 Å². The molecule has 1 spiro atoms. The minimum atomic E-state index is -0.259. The van der Waals surface area contributed by atoms with E-state index in [2.05, 4.69) is 11.0 Å². The maximum atomic E-state index is 14.3. The Morgan fingerprint density at radius 2 is 1.67 bits per heavy atom. The van der Waals surface area contributed by atoms with Crippen molar-refractivity contribution in [2.75, 3.05) is 44.7 Å². The highest BCUT2D eigenvalue weighted by atomic mass is 35.5. The summed E-state index contributed by atoms with van der Waals surface area (Å²) < 4.78 is 14.3. The Morgan fingerprint density at radius 3 is 2.31 bits per heavy atom. The highest BCUT2D eigenvalue weighted by molar-refractivity contribution is 6.42. The molecule has 3 aromatic rings. The second kappa shape index (κ2) is 12.4. The van der Waals surface area contributed by atoms with Crippen LogP contribution in [0.2, 0.25) is 10.0 Å². The second-order valence-electron chi connectivity index (χ2n) is 12.1. The van der Waals surface area contributed by atoms with Crippen molar-refractivity contribution in [1.82, 2.24) is 9.80 Å². The van der Waals surface area contributed by atoms with Crippen LogP contribution >= 0.6 is 23.2 Å². The number of likely N-dealkylation sites (N-methyl/N-ethyl adjacent to an activating group) is 1. The van der Waals surface area contributed by atoms with E-state index >= 15 is 0 Å². The first-order chi connectivity index (χ1) is 20.0. The molecule has 1 atom stereocenters. The topological polar surface area (TPSA) is 43.9 Å². The number of benzene rings is 3. The van der Waals surface area contributed by atoms with E-state index in [4.69, 9.17) is 23.2 Å². The normalized spacial score (nSPS) is 16.9. The zero-order valence-corrected chi connectivity index (χ0v) is 26.2. The number of carbonyl (C=O) groups excluding carboxylic acids is 2. The number of aryl methyl sites for hydroxylation is 2. The van der Waals surface area contributed by atoms with Gasteiger partial charge in [0, 0.05) is 49.6 Å². The summed E-state index contributed by atoms with van der Waals surface area (Å²) in [6.07, 6.45) is 2.55. The largest absolute Gasteiger partial charge is 0.341 e. The van der Waals surface area contributed by atoms with Crippen LogP contribution in [0.25, 0.3) is 0 Å². The standard InChI is InChI=1S/C34H38Cl2FN3O2/c1-22-15-23(2)17-27(16-22)33(42)38(4)20-26(25-5-7-30(35)31(36)18-25)9-12-39-13-10-34(11-14-39)21-40(24(3)41)32-8-6-28(37)19-29(32)34/h5-8,15-19,26H,9-14,20-21H2,1-4H3/t26-/m1/s1. The van der Waals surface area contributed by atoms with E-state index < -0.39 is 0 Å². The fraction of sp³-hybridized carbons (Fsp3) is 0.412. The van der Waals surface area contributed by atoms with Crippen molar-refractivity contribution < 1.29 is 14.0 Å². The van der Waals surface area contributed by atoms with Crippen molar-refractivity contribution in [1.29, 1.82) is 0 Å². The first-order valence-corrected chi connectivity index (χ1v) is 15.3. The Hall–Kier alpha value is -2.93. The summed E-state index contributed by atoms with van der Waals surface area (Å²) in [5.74, 6) is -0.213. The molecule has 2 aliphatic heterocycles. The molecule has 5 rings (SSSR count). The maximum Gasteiger partial charge on any atom is 0.253 e. The molecule has 0 N–H and O–H groups in total. The van der Waals surface area contributed by atoms with Crippen molar-refractivity contribution in [3.8, 4) is 0 Å². The Bertz CT molecular complexity index is 1480. The van der Waals surface area contributed by atoms with E-state index in [1.807, 2.05) is 51.2 Å². The van der Waals surface area contributed by atoms with Crippen molar-refractivity contribution in [2.45, 2.75) is 51.4 Å². The van der Waals surface area contributed by atoms with Gasteiger partial charge in [-0.2, -0.15) is 0 Å². The monoisotopic (exact) mass is 609 g/mol. The Morgan fingerprint density at radius 1 is 0.976 bits per heavy atom. The lowest BCUT2D eigenvalue weighted by Crippen LogP contribution is -2.46. The van der Waals surface area contributed by atoms with Gasteiger partial charge in [-0.15, -0.1) is 0 Å². The molecule has 0 radical (unpaired) electrons. The van der Waals surface area contributed by atoms with Gasteiger partial charge < -0.3 is 14.7 Å². The number of hydrogen-bond acceptors (Lipinski definition) is 3. The number of hydrogen-bond donors (Lipinski definition) is 0. The zero-order valence-electron chi connectivity index (χ0n) is 24.7. The Balaban J connectivity index is 1.29. The summed E-state index contributed by atoms with van der Waals surface area (Å²) >= 11 is 12.6. The fourth-order valence-corrected chi connectivity index (χ4v) is 7.06. The number of amides is 2. The molecule has 8 heteroatoms. The highest BCUT2D eigenvalue weighted by Crippen LogP contribution is 2.47. The van der Waals surface area contributed by atoms with E-state index in [1.54, 1.807) is 28.9 Å². The third kappa shape index (κ3) is 6.36. The third-order valence-electron chi connectivity index (χ3n) is 8.99. The summed E-state index contributed by atoms with van der Waals surface area (Å²) in [6.45, 7) is 9.28. The SMILES string of the molecule is CC(=O)N1CC2(CCN(CC[C@H](CN(C)C(=O)c3cc(C)cc(C)c3)c3ccc(Cl)c(Cl)c3)CC2)c2cc(F)ccc21. The summed E-state index contributed by atoms with van der Waals surface area (Å²) in [7, 11) is 1.85. The molecule has 1 fully saturated rings. The van der Waals surface area contributed by atoms with Crippen LogP contribution < -0.4 is 4.90 Å². The first-order valence-electron chi connectivity index (χ1n) is 14.5. The van der Waals surface area contributed by atoms with Gasteiger partial charge in [-0.3, -0.25) is 9.59 Å². The van der Waals surface area contributed by atoms with Crippen molar-refractivity contribution in [3.63, 3.8) is 0 Å². The lowest BCUT2D eigenvalue weighted by molar-refractivity contribution is -0.116. The summed E-state index contributed by atoms with van der Waals surface area (Å²) in [5, 5.41) is 1.01. The maximum absolute atomic E-state index is 14.3. The van der Waals surface area contributed by atoms with Gasteiger partial charge in [-0.1, -0.05) is 46.5 Å². The van der Waals surface area contributed by atoms with Gasteiger partial charge in [0.1, 0.15) is 5.82 Å². The van der Waals surface area contributed by atoms with Crippen LogP contribution in [0.15, 0.2) is 54.6 Å². The average molecular weight is 611 g/mol. The minimum Gasteiger partial charge on any atom is -0.341 e. The smallest absolute Gasteiger partial charge is 0.253 e. The molecule has 222 valence electrons. The van der Waals surface area contributed by atoms with Gasteiger partial charge in [0.2, 0.25) is 5.91 Å². The van der Waals surface area contributed by atoms with Gasteiger partial charge in [-0.05, 0) is 106 Å². The van der Waals surface area contributed by atoms with E-state index in [-0.39, 0.29) is 29.0 Å². The summed E-state index contributed by atoms with van der Waals surface area (Å²) in [6, 6.07) is 16.5. The van der Waals surface area contributed by atoms with Crippen LogP contribution in [-0.4, -0.2) is 61.4 Å². The zero-order chi connectivity index (χ0) is 30.2. The van der Waals surface area contributed by atoms with Crippen molar-refractivity contribution in [3.05, 3.63) is 98.3 Å². The van der Waals surface area contributed by atoms with Crippen LogP contribution in [0.3, 0.4) is 0 Å². The molecule has 1 saturated heterocycles. The van der Waals surface area contributed by atoms with Gasteiger partial charge in [-0.25, -0.2) is 4.39 Å². The third-order valence-corrected chi connectivity index (χ3v) is 9.73. The van der Waals surface area contributed by atoms with Crippen LogP contribution in [0.1, 0.15) is 64.7 Å². The number of anilines is 1. The molecule has 0 bridgehead atoms. The molecule has 2 aliphatic rings. The molecule has 3 aromatic carbocycles. The lowest BCUT2D eigenvalue weighted by Gasteiger charge is -2.40. The molecule has 5 nitrogen and oxygen atoms in total. The molecular formula is C34H38Cl2FN3O2. The quantitative estimate of drug-likeness (QED) is 0.280. The molecule has 0 aromatic heterocycles. The van der Waals surface area contributed by atoms with Gasteiger partial charge >= 0.3 is 0 Å². The number of rotatable bonds is 7. The summed E-state index contributed by atoms with van der Waals surface area (Å²) in [4.78, 5) is 31.8. The van der Waals surface area contributed by atoms with Gasteiger partial charge in [0.05, 0.1) is 10.0 Å². The van der Waals surface area contributed by atoms with Gasteiger partial charge in [0.15, 0.2) is 0 Å². The number of likely N-dealkylation sites (tertiary alicyclic amines) is 1. The van der Waals surface area contributed by atoms with E-state index in [1.165, 1.54) is 6.07 Å². The molecular weight excluding hydrogens is 572 g/mol. The summed E-state index contributed by atoms with van der Waals surface area (Å²) in [5.41, 5.74) is 5.45. The van der Waals surface area contributed by atoms with E-state index in [0.29, 0.717) is 28.7 Å². The fourth-order valence-electron chi connectivity index (χ4n) is 6.75. The first kappa shape index (κ1) is 30.5. The van der Waals surface area contributed by atoms with Crippen molar-refractivity contribution in [2.24, 2.45) is 0 Å². The van der Waals surface area contributed by atoms with Crippen LogP contribution in [0.5, 0.6) is 0 Å². The number of nitrogens with zero attached hydrogens (tertiary/aromatic N) is 3. The van der Waals surface area contributed by atoms with Crippen LogP contribution in [0.4, 0.5) is 10.1 Å². The lowest BCUT2D eigenvalue weighted by atomic mass is 9.74. The molecule has 2 amide bonds. The molecule has 0 saturated carbocycles. The second-order valence-corrected chi connectivity index (χ2v) is 12.9.